The SMILES string of the molecule is O=C(Nc1ccc(F)cc1Cl)C1CCc2nc(N3CCOCC3)ncc2C1. The monoisotopic (exact) mass is 390 g/mol. The van der Waals surface area contributed by atoms with Crippen LogP contribution in [0.4, 0.5) is 16.0 Å². The summed E-state index contributed by atoms with van der Waals surface area (Å²) in [6.07, 6.45) is 3.85. The number of carbonyl (C=O) groups is 1. The molecular formula is C19H20ClFN4O2. The first-order chi connectivity index (χ1) is 13.1. The van der Waals surface area contributed by atoms with Gasteiger partial charge in [0.05, 0.1) is 23.9 Å². The van der Waals surface area contributed by atoms with Gasteiger partial charge in [0, 0.05) is 30.9 Å². The van der Waals surface area contributed by atoms with Crippen LogP contribution >= 0.6 is 11.6 Å². The number of anilines is 2. The van der Waals surface area contributed by atoms with Crippen LogP contribution in [0.15, 0.2) is 24.4 Å². The number of ether oxygens (including phenoxy) is 1. The van der Waals surface area contributed by atoms with Crippen LogP contribution in [0.3, 0.4) is 0 Å². The van der Waals surface area contributed by atoms with Crippen molar-refractivity contribution in [2.45, 2.75) is 19.3 Å². The van der Waals surface area contributed by atoms with Gasteiger partial charge < -0.3 is 15.0 Å². The lowest BCUT2D eigenvalue weighted by Crippen LogP contribution is -2.38. The molecule has 1 fully saturated rings. The summed E-state index contributed by atoms with van der Waals surface area (Å²) < 4.78 is 18.5. The molecule has 0 saturated carbocycles. The van der Waals surface area contributed by atoms with Crippen LogP contribution in [0.1, 0.15) is 17.7 Å². The second-order valence-electron chi connectivity index (χ2n) is 6.79. The van der Waals surface area contributed by atoms with Gasteiger partial charge in [-0.2, -0.15) is 0 Å². The molecule has 1 saturated heterocycles. The molecular weight excluding hydrogens is 371 g/mol. The number of nitrogens with zero attached hydrogens (tertiary/aromatic N) is 3. The topological polar surface area (TPSA) is 67.4 Å². The van der Waals surface area contributed by atoms with Crippen molar-refractivity contribution in [3.05, 3.63) is 46.5 Å². The molecule has 1 aromatic heterocycles. The molecule has 4 rings (SSSR count). The van der Waals surface area contributed by atoms with Crippen LogP contribution in [0.2, 0.25) is 5.02 Å². The molecule has 2 heterocycles. The van der Waals surface area contributed by atoms with Crippen molar-refractivity contribution in [1.82, 2.24) is 9.97 Å². The standard InChI is InChI=1S/C19H20ClFN4O2/c20-15-10-14(21)2-4-17(15)23-18(26)12-1-3-16-13(9-12)11-22-19(24-16)25-5-7-27-8-6-25/h2,4,10-12H,1,3,5-9H2,(H,23,26). The molecule has 1 amide bonds. The molecule has 1 aliphatic heterocycles. The third-order valence-corrected chi connectivity index (χ3v) is 5.30. The van der Waals surface area contributed by atoms with Gasteiger partial charge in [0.25, 0.3) is 0 Å². The summed E-state index contributed by atoms with van der Waals surface area (Å²) in [6.45, 7) is 2.97. The van der Waals surface area contributed by atoms with Gasteiger partial charge >= 0.3 is 0 Å². The molecule has 0 bridgehead atoms. The van der Waals surface area contributed by atoms with E-state index < -0.39 is 5.82 Å². The lowest BCUT2D eigenvalue weighted by molar-refractivity contribution is -0.120. The molecule has 6 nitrogen and oxygen atoms in total. The molecule has 2 aliphatic rings. The highest BCUT2D eigenvalue weighted by atomic mass is 35.5. The molecule has 1 aromatic carbocycles. The number of nitrogens with one attached hydrogen (secondary N) is 1. The highest BCUT2D eigenvalue weighted by molar-refractivity contribution is 6.33. The van der Waals surface area contributed by atoms with Gasteiger partial charge in [-0.15, -0.1) is 0 Å². The summed E-state index contributed by atoms with van der Waals surface area (Å²) in [5.74, 6) is -0.00118. The van der Waals surface area contributed by atoms with Crippen molar-refractivity contribution >= 4 is 29.1 Å². The summed E-state index contributed by atoms with van der Waals surface area (Å²) in [6, 6.07) is 3.94. The molecule has 142 valence electrons. The van der Waals surface area contributed by atoms with E-state index in [1.807, 2.05) is 6.20 Å². The summed E-state index contributed by atoms with van der Waals surface area (Å²) in [4.78, 5) is 23.9. The lowest BCUT2D eigenvalue weighted by Gasteiger charge is -2.28. The zero-order valence-electron chi connectivity index (χ0n) is 14.8. The molecule has 8 heteroatoms. The number of rotatable bonds is 3. The Labute approximate surface area is 161 Å². The van der Waals surface area contributed by atoms with Crippen LogP contribution < -0.4 is 10.2 Å². The fraction of sp³-hybridized carbons (Fsp3) is 0.421. The Morgan fingerprint density at radius 3 is 2.93 bits per heavy atom. The maximum atomic E-state index is 13.2. The van der Waals surface area contributed by atoms with E-state index in [2.05, 4.69) is 15.2 Å². The average Bonchev–Trinajstić information content (AvgIpc) is 2.70. The quantitative estimate of drug-likeness (QED) is 0.872. The van der Waals surface area contributed by atoms with Gasteiger partial charge in [-0.3, -0.25) is 4.79 Å². The third kappa shape index (κ3) is 4.04. The Morgan fingerprint density at radius 1 is 1.33 bits per heavy atom. The van der Waals surface area contributed by atoms with Gasteiger partial charge in [0.15, 0.2) is 0 Å². The Kier molecular flexibility index (Phi) is 5.22. The fourth-order valence-electron chi connectivity index (χ4n) is 3.46. The summed E-state index contributed by atoms with van der Waals surface area (Å²) in [5.41, 5.74) is 2.44. The number of aromatic nitrogens is 2. The minimum atomic E-state index is -0.433. The van der Waals surface area contributed by atoms with Gasteiger partial charge in [-0.25, -0.2) is 14.4 Å². The normalized spacial score (nSPS) is 19.5. The Morgan fingerprint density at radius 2 is 2.15 bits per heavy atom. The number of hydrogen-bond donors (Lipinski definition) is 1. The van der Waals surface area contributed by atoms with Gasteiger partial charge in [0.1, 0.15) is 5.82 Å². The number of halogens is 2. The number of amides is 1. The van der Waals surface area contributed by atoms with Crippen molar-refractivity contribution in [3.63, 3.8) is 0 Å². The Bertz CT molecular complexity index is 858. The molecule has 1 unspecified atom stereocenters. The van der Waals surface area contributed by atoms with E-state index in [0.717, 1.165) is 36.7 Å². The number of carbonyl (C=O) groups excluding carboxylic acids is 1. The maximum absolute atomic E-state index is 13.2. The van der Waals surface area contributed by atoms with Crippen molar-refractivity contribution in [2.75, 3.05) is 36.5 Å². The van der Waals surface area contributed by atoms with Crippen LogP contribution in [0.5, 0.6) is 0 Å². The first-order valence-electron chi connectivity index (χ1n) is 9.03. The predicted octanol–water partition coefficient (Wildman–Crippen LogP) is 2.85. The predicted molar refractivity (Wildman–Crippen MR) is 101 cm³/mol. The van der Waals surface area contributed by atoms with Gasteiger partial charge in [-0.05, 0) is 43.0 Å². The summed E-state index contributed by atoms with van der Waals surface area (Å²) in [7, 11) is 0. The molecule has 2 aromatic rings. The van der Waals surface area contributed by atoms with E-state index >= 15 is 0 Å². The van der Waals surface area contributed by atoms with Gasteiger partial charge in [-0.1, -0.05) is 11.6 Å². The average molecular weight is 391 g/mol. The fourth-order valence-corrected chi connectivity index (χ4v) is 3.68. The number of fused-ring (bicyclic) bond motifs is 1. The summed E-state index contributed by atoms with van der Waals surface area (Å²) in [5, 5.41) is 2.99. The number of aryl methyl sites for hydroxylation is 1. The molecule has 1 atom stereocenters. The second-order valence-corrected chi connectivity index (χ2v) is 7.20. The zero-order chi connectivity index (χ0) is 18.8. The highest BCUT2D eigenvalue weighted by Crippen LogP contribution is 2.28. The van der Waals surface area contributed by atoms with Crippen LogP contribution in [0.25, 0.3) is 0 Å². The first-order valence-corrected chi connectivity index (χ1v) is 9.41. The van der Waals surface area contributed by atoms with E-state index in [0.29, 0.717) is 31.7 Å². The Hall–Kier alpha value is -2.25. The van der Waals surface area contributed by atoms with Crippen molar-refractivity contribution in [3.8, 4) is 0 Å². The minimum Gasteiger partial charge on any atom is -0.378 e. The molecule has 0 spiro atoms. The van der Waals surface area contributed by atoms with Crippen molar-refractivity contribution in [2.24, 2.45) is 5.92 Å². The van der Waals surface area contributed by atoms with Crippen molar-refractivity contribution in [1.29, 1.82) is 0 Å². The molecule has 0 radical (unpaired) electrons. The smallest absolute Gasteiger partial charge is 0.227 e. The number of benzene rings is 1. The largest absolute Gasteiger partial charge is 0.378 e. The summed E-state index contributed by atoms with van der Waals surface area (Å²) >= 11 is 6.00. The van der Waals surface area contributed by atoms with E-state index in [1.54, 1.807) is 0 Å². The second kappa shape index (κ2) is 7.78. The molecule has 1 aliphatic carbocycles. The van der Waals surface area contributed by atoms with E-state index in [9.17, 15) is 9.18 Å². The maximum Gasteiger partial charge on any atom is 0.227 e. The lowest BCUT2D eigenvalue weighted by atomic mass is 9.86. The molecule has 27 heavy (non-hydrogen) atoms. The minimum absolute atomic E-state index is 0.119. The Balaban J connectivity index is 1.44. The van der Waals surface area contributed by atoms with Crippen LogP contribution in [0, 0.1) is 11.7 Å². The van der Waals surface area contributed by atoms with Crippen molar-refractivity contribution < 1.29 is 13.9 Å². The third-order valence-electron chi connectivity index (χ3n) is 4.99. The van der Waals surface area contributed by atoms with Crippen LogP contribution in [-0.2, 0) is 22.4 Å². The number of morpholine rings is 1. The van der Waals surface area contributed by atoms with Crippen LogP contribution in [-0.4, -0.2) is 42.2 Å². The first kappa shape index (κ1) is 18.1. The van der Waals surface area contributed by atoms with E-state index in [4.69, 9.17) is 21.3 Å². The highest BCUT2D eigenvalue weighted by Gasteiger charge is 2.27. The van der Waals surface area contributed by atoms with Gasteiger partial charge in [0.2, 0.25) is 11.9 Å². The molecule has 1 N–H and O–H groups in total. The zero-order valence-corrected chi connectivity index (χ0v) is 15.5. The van der Waals surface area contributed by atoms with E-state index in [1.165, 1.54) is 18.2 Å². The number of hydrogen-bond acceptors (Lipinski definition) is 5. The van der Waals surface area contributed by atoms with E-state index in [-0.39, 0.29) is 16.8 Å².